The van der Waals surface area contributed by atoms with E-state index in [9.17, 15) is 0 Å². The fraction of sp³-hybridized carbons (Fsp3) is 0.842. The molecule has 0 bridgehead atoms. The minimum atomic E-state index is 0. The summed E-state index contributed by atoms with van der Waals surface area (Å²) in [5.41, 5.74) is 0. The van der Waals surface area contributed by atoms with Crippen molar-refractivity contribution in [2.75, 3.05) is 45.9 Å². The molecule has 2 N–H and O–H groups in total. The van der Waals surface area contributed by atoms with Crippen LogP contribution in [-0.2, 0) is 18.3 Å². The smallest absolute Gasteiger partial charge is 0.191 e. The maximum absolute atomic E-state index is 5.41. The van der Waals surface area contributed by atoms with Gasteiger partial charge in [-0.1, -0.05) is 26.7 Å². The van der Waals surface area contributed by atoms with Crippen molar-refractivity contribution >= 4 is 29.9 Å². The van der Waals surface area contributed by atoms with E-state index in [4.69, 9.17) is 9.73 Å². The van der Waals surface area contributed by atoms with Gasteiger partial charge in [0, 0.05) is 33.2 Å². The van der Waals surface area contributed by atoms with Gasteiger partial charge in [0.05, 0.1) is 13.2 Å². The predicted octanol–water partition coefficient (Wildman–Crippen LogP) is 1.94. The van der Waals surface area contributed by atoms with Gasteiger partial charge in [0.15, 0.2) is 11.8 Å². The zero-order valence-corrected chi connectivity index (χ0v) is 20.2. The first-order valence-corrected chi connectivity index (χ1v) is 10.3. The van der Waals surface area contributed by atoms with Gasteiger partial charge >= 0.3 is 0 Å². The lowest BCUT2D eigenvalue weighted by Crippen LogP contribution is -2.42. The number of hydrogen-bond acceptors (Lipinski definition) is 5. The van der Waals surface area contributed by atoms with E-state index < -0.39 is 0 Å². The second kappa shape index (κ2) is 14.1. The summed E-state index contributed by atoms with van der Waals surface area (Å²) in [5, 5.41) is 15.3. The van der Waals surface area contributed by atoms with Crippen LogP contribution >= 0.6 is 24.0 Å². The van der Waals surface area contributed by atoms with E-state index in [1.807, 2.05) is 18.5 Å². The van der Waals surface area contributed by atoms with Gasteiger partial charge < -0.3 is 19.9 Å². The number of hydrogen-bond donors (Lipinski definition) is 2. The third-order valence-corrected chi connectivity index (χ3v) is 5.32. The van der Waals surface area contributed by atoms with Gasteiger partial charge in [0.1, 0.15) is 12.4 Å². The molecule has 1 saturated heterocycles. The molecule has 1 aliphatic rings. The van der Waals surface area contributed by atoms with Crippen molar-refractivity contribution in [3.05, 3.63) is 11.6 Å². The molecule has 1 aromatic rings. The molecule has 1 aliphatic heterocycles. The van der Waals surface area contributed by atoms with Crippen LogP contribution in [0.15, 0.2) is 4.99 Å². The number of ether oxygens (including phenoxy) is 1. The molecule has 0 radical (unpaired) electrons. The quantitative estimate of drug-likeness (QED) is 0.218. The number of guanidine groups is 1. The van der Waals surface area contributed by atoms with Crippen LogP contribution in [0.25, 0.3) is 0 Å². The summed E-state index contributed by atoms with van der Waals surface area (Å²) >= 11 is 0. The van der Waals surface area contributed by atoms with Gasteiger partial charge in [-0.25, -0.2) is 4.99 Å². The molecular formula is C19H38IN7O. The second-order valence-corrected chi connectivity index (χ2v) is 7.19. The van der Waals surface area contributed by atoms with Crippen molar-refractivity contribution in [1.82, 2.24) is 30.3 Å². The fourth-order valence-corrected chi connectivity index (χ4v) is 3.07. The van der Waals surface area contributed by atoms with Gasteiger partial charge in [-0.15, -0.1) is 34.2 Å². The molecule has 162 valence electrons. The Morgan fingerprint density at radius 1 is 1.18 bits per heavy atom. The number of nitrogens with one attached hydrogen (secondary N) is 2. The highest BCUT2D eigenvalue weighted by Gasteiger charge is 2.10. The third kappa shape index (κ3) is 8.60. The highest BCUT2D eigenvalue weighted by Crippen LogP contribution is 2.05. The second-order valence-electron chi connectivity index (χ2n) is 7.19. The summed E-state index contributed by atoms with van der Waals surface area (Å²) < 4.78 is 7.39. The molecule has 2 heterocycles. The molecular weight excluding hydrogens is 469 g/mol. The minimum absolute atomic E-state index is 0. The molecule has 8 nitrogen and oxygen atoms in total. The average molecular weight is 507 g/mol. The molecule has 1 fully saturated rings. The molecule has 0 amide bonds. The van der Waals surface area contributed by atoms with Crippen LogP contribution in [0.1, 0.15) is 44.8 Å². The maximum atomic E-state index is 5.41. The predicted molar refractivity (Wildman–Crippen MR) is 124 cm³/mol. The van der Waals surface area contributed by atoms with Gasteiger partial charge in [-0.3, -0.25) is 4.90 Å². The summed E-state index contributed by atoms with van der Waals surface area (Å²) in [6.07, 6.45) is 3.45. The molecule has 28 heavy (non-hydrogen) atoms. The van der Waals surface area contributed by atoms with Gasteiger partial charge in [-0.2, -0.15) is 0 Å². The van der Waals surface area contributed by atoms with Gasteiger partial charge in [-0.05, 0) is 25.8 Å². The summed E-state index contributed by atoms with van der Waals surface area (Å²) in [5.74, 6) is 3.32. The average Bonchev–Trinajstić information content (AvgIpc) is 3.02. The zero-order chi connectivity index (χ0) is 19.5. The van der Waals surface area contributed by atoms with Crippen LogP contribution in [0.4, 0.5) is 0 Å². The molecule has 0 saturated carbocycles. The van der Waals surface area contributed by atoms with Crippen molar-refractivity contribution < 1.29 is 4.74 Å². The van der Waals surface area contributed by atoms with Crippen molar-refractivity contribution in [2.24, 2.45) is 18.0 Å². The van der Waals surface area contributed by atoms with E-state index in [1.54, 1.807) is 0 Å². The Morgan fingerprint density at radius 2 is 1.89 bits per heavy atom. The number of morpholine rings is 1. The fourth-order valence-electron chi connectivity index (χ4n) is 3.07. The zero-order valence-electron chi connectivity index (χ0n) is 17.9. The molecule has 1 aromatic heterocycles. The Balaban J connectivity index is 0.00000392. The van der Waals surface area contributed by atoms with E-state index in [1.165, 1.54) is 12.8 Å². The number of nitrogens with zero attached hydrogens (tertiary/aromatic N) is 5. The standard InChI is InChI=1S/C19H37N7O.HI/c1-5-17(6-2)14-21-19(22-15-18-24-23-16(3)25(18)4)20-8-7-9-26-10-12-27-13-11-26;/h17H,5-15H2,1-4H3,(H2,20,21,22);1H. The van der Waals surface area contributed by atoms with Crippen LogP contribution in [0.3, 0.4) is 0 Å². The van der Waals surface area contributed by atoms with Crippen molar-refractivity contribution in [1.29, 1.82) is 0 Å². The highest BCUT2D eigenvalue weighted by molar-refractivity contribution is 14.0. The normalized spacial score (nSPS) is 15.5. The number of aliphatic imine (C=N–C) groups is 1. The lowest BCUT2D eigenvalue weighted by molar-refractivity contribution is 0.0376. The molecule has 9 heteroatoms. The van der Waals surface area contributed by atoms with Crippen LogP contribution in [-0.4, -0.2) is 71.6 Å². The first-order chi connectivity index (χ1) is 13.1. The molecule has 0 aromatic carbocycles. The molecule has 2 rings (SSSR count). The Labute approximate surface area is 186 Å². The van der Waals surface area contributed by atoms with Crippen molar-refractivity contribution in [3.8, 4) is 0 Å². The minimum Gasteiger partial charge on any atom is -0.379 e. The number of rotatable bonds is 10. The van der Waals surface area contributed by atoms with Gasteiger partial charge in [0.2, 0.25) is 0 Å². The SMILES string of the molecule is CCC(CC)CNC(=NCc1nnc(C)n1C)NCCCN1CCOCC1.I. The van der Waals surface area contributed by atoms with Crippen LogP contribution in [0, 0.1) is 12.8 Å². The summed E-state index contributed by atoms with van der Waals surface area (Å²) in [7, 11) is 1.98. The summed E-state index contributed by atoms with van der Waals surface area (Å²) in [4.78, 5) is 7.19. The Bertz CT molecular complexity index is 569. The Morgan fingerprint density at radius 3 is 2.50 bits per heavy atom. The van der Waals surface area contributed by atoms with E-state index in [0.29, 0.717) is 12.5 Å². The topological polar surface area (TPSA) is 79.6 Å². The molecule has 0 spiro atoms. The Hall–Kier alpha value is -0.940. The molecule has 0 atom stereocenters. The first-order valence-electron chi connectivity index (χ1n) is 10.3. The molecule has 0 unspecified atom stereocenters. The lowest BCUT2D eigenvalue weighted by atomic mass is 10.0. The number of halogens is 1. The van der Waals surface area contributed by atoms with Crippen molar-refractivity contribution in [2.45, 2.75) is 46.6 Å². The molecule has 0 aliphatic carbocycles. The van der Waals surface area contributed by atoms with Crippen molar-refractivity contribution in [3.63, 3.8) is 0 Å². The van der Waals surface area contributed by atoms with Gasteiger partial charge in [0.25, 0.3) is 0 Å². The Kier molecular flexibility index (Phi) is 12.6. The largest absolute Gasteiger partial charge is 0.379 e. The lowest BCUT2D eigenvalue weighted by Gasteiger charge is -2.26. The highest BCUT2D eigenvalue weighted by atomic mass is 127. The van der Waals surface area contributed by atoms with E-state index >= 15 is 0 Å². The monoisotopic (exact) mass is 507 g/mol. The van der Waals surface area contributed by atoms with E-state index in [0.717, 1.165) is 70.0 Å². The van der Waals surface area contributed by atoms with Crippen LogP contribution in [0.2, 0.25) is 0 Å². The summed E-state index contributed by atoms with van der Waals surface area (Å²) in [6, 6.07) is 0. The third-order valence-electron chi connectivity index (χ3n) is 5.32. The number of aryl methyl sites for hydroxylation is 1. The van der Waals surface area contributed by atoms with Crippen LogP contribution in [0.5, 0.6) is 0 Å². The van der Waals surface area contributed by atoms with Crippen LogP contribution < -0.4 is 10.6 Å². The maximum Gasteiger partial charge on any atom is 0.191 e. The number of aromatic nitrogens is 3. The first kappa shape index (κ1) is 25.1. The summed E-state index contributed by atoms with van der Waals surface area (Å²) in [6.45, 7) is 13.7. The van der Waals surface area contributed by atoms with E-state index in [-0.39, 0.29) is 24.0 Å². The van der Waals surface area contributed by atoms with E-state index in [2.05, 4.69) is 39.6 Å².